The standard InChI is InChI=1S/C17H26N2O/c20-17-7-3-2-6-16(17)18-14-8-10-15(11-9-14)19-12-4-1-5-13-19/h8-11,16-18,20H,1-7,12-13H2. The van der Waals surface area contributed by atoms with Crippen molar-refractivity contribution in [2.75, 3.05) is 23.3 Å². The molecule has 0 amide bonds. The van der Waals surface area contributed by atoms with E-state index in [0.29, 0.717) is 0 Å². The summed E-state index contributed by atoms with van der Waals surface area (Å²) in [7, 11) is 0. The van der Waals surface area contributed by atoms with Crippen molar-refractivity contribution in [2.24, 2.45) is 0 Å². The van der Waals surface area contributed by atoms with Gasteiger partial charge in [0.05, 0.1) is 12.1 Å². The molecule has 3 heteroatoms. The molecular formula is C17H26N2O. The molecule has 0 radical (unpaired) electrons. The molecule has 0 bridgehead atoms. The topological polar surface area (TPSA) is 35.5 Å². The van der Waals surface area contributed by atoms with Crippen LogP contribution in [0.25, 0.3) is 0 Å². The Balaban J connectivity index is 1.60. The van der Waals surface area contributed by atoms with Crippen LogP contribution in [0.2, 0.25) is 0 Å². The number of nitrogens with one attached hydrogen (secondary N) is 1. The monoisotopic (exact) mass is 274 g/mol. The van der Waals surface area contributed by atoms with Gasteiger partial charge in [0.2, 0.25) is 0 Å². The first kappa shape index (κ1) is 13.7. The van der Waals surface area contributed by atoms with Crippen molar-refractivity contribution in [3.8, 4) is 0 Å². The summed E-state index contributed by atoms with van der Waals surface area (Å²) in [6.07, 6.45) is 8.20. The van der Waals surface area contributed by atoms with Gasteiger partial charge in [0.25, 0.3) is 0 Å². The van der Waals surface area contributed by atoms with Crippen molar-refractivity contribution < 1.29 is 5.11 Å². The summed E-state index contributed by atoms with van der Waals surface area (Å²) in [5.41, 5.74) is 2.47. The van der Waals surface area contributed by atoms with Crippen LogP contribution >= 0.6 is 0 Å². The second kappa shape index (κ2) is 6.49. The van der Waals surface area contributed by atoms with Gasteiger partial charge in [-0.15, -0.1) is 0 Å². The fourth-order valence-corrected chi connectivity index (χ4v) is 3.41. The Kier molecular flexibility index (Phi) is 4.46. The molecule has 0 spiro atoms. The van der Waals surface area contributed by atoms with Crippen LogP contribution < -0.4 is 10.2 Å². The van der Waals surface area contributed by atoms with Gasteiger partial charge >= 0.3 is 0 Å². The average Bonchev–Trinajstić information content (AvgIpc) is 2.51. The summed E-state index contributed by atoms with van der Waals surface area (Å²) in [5.74, 6) is 0. The second-order valence-corrected chi connectivity index (χ2v) is 6.20. The molecule has 1 saturated heterocycles. The number of rotatable bonds is 3. The zero-order valence-corrected chi connectivity index (χ0v) is 12.2. The minimum Gasteiger partial charge on any atom is -0.391 e. The highest BCUT2D eigenvalue weighted by Gasteiger charge is 2.22. The fraction of sp³-hybridized carbons (Fsp3) is 0.647. The van der Waals surface area contributed by atoms with Gasteiger partial charge in [0.15, 0.2) is 0 Å². The SMILES string of the molecule is OC1CCCCC1Nc1ccc(N2CCCCC2)cc1. The van der Waals surface area contributed by atoms with Crippen molar-refractivity contribution >= 4 is 11.4 Å². The van der Waals surface area contributed by atoms with Crippen LogP contribution in [0, 0.1) is 0 Å². The molecule has 1 saturated carbocycles. The van der Waals surface area contributed by atoms with E-state index < -0.39 is 0 Å². The third-order valence-electron chi connectivity index (χ3n) is 4.67. The van der Waals surface area contributed by atoms with Gasteiger partial charge in [0.1, 0.15) is 0 Å². The van der Waals surface area contributed by atoms with E-state index in [1.165, 1.54) is 44.5 Å². The van der Waals surface area contributed by atoms with Crippen molar-refractivity contribution in [1.82, 2.24) is 0 Å². The lowest BCUT2D eigenvalue weighted by Crippen LogP contribution is -2.36. The number of aliphatic hydroxyl groups excluding tert-OH is 1. The molecule has 2 unspecified atom stereocenters. The van der Waals surface area contributed by atoms with Crippen LogP contribution in [-0.2, 0) is 0 Å². The number of anilines is 2. The highest BCUT2D eigenvalue weighted by atomic mass is 16.3. The number of nitrogens with zero attached hydrogens (tertiary/aromatic N) is 1. The van der Waals surface area contributed by atoms with E-state index in [2.05, 4.69) is 34.5 Å². The maximum absolute atomic E-state index is 10.0. The molecule has 20 heavy (non-hydrogen) atoms. The summed E-state index contributed by atoms with van der Waals surface area (Å²) in [6.45, 7) is 2.38. The zero-order valence-electron chi connectivity index (χ0n) is 12.2. The van der Waals surface area contributed by atoms with E-state index in [4.69, 9.17) is 0 Å². The molecule has 2 fully saturated rings. The van der Waals surface area contributed by atoms with Crippen molar-refractivity contribution in [1.29, 1.82) is 0 Å². The largest absolute Gasteiger partial charge is 0.391 e. The van der Waals surface area contributed by atoms with Gasteiger partial charge in [-0.25, -0.2) is 0 Å². The second-order valence-electron chi connectivity index (χ2n) is 6.20. The van der Waals surface area contributed by atoms with Gasteiger partial charge in [-0.1, -0.05) is 12.8 Å². The highest BCUT2D eigenvalue weighted by molar-refractivity contribution is 5.55. The molecule has 3 rings (SSSR count). The lowest BCUT2D eigenvalue weighted by Gasteiger charge is -2.30. The van der Waals surface area contributed by atoms with Gasteiger partial charge in [-0.3, -0.25) is 0 Å². The van der Waals surface area contributed by atoms with E-state index in [1.807, 2.05) is 0 Å². The Labute approximate surface area is 122 Å². The average molecular weight is 274 g/mol. The number of benzene rings is 1. The van der Waals surface area contributed by atoms with Gasteiger partial charge in [0, 0.05) is 24.5 Å². The van der Waals surface area contributed by atoms with Crippen molar-refractivity contribution in [3.63, 3.8) is 0 Å². The van der Waals surface area contributed by atoms with Crippen molar-refractivity contribution in [2.45, 2.75) is 57.1 Å². The van der Waals surface area contributed by atoms with Gasteiger partial charge in [-0.2, -0.15) is 0 Å². The zero-order chi connectivity index (χ0) is 13.8. The van der Waals surface area contributed by atoms with Crippen LogP contribution in [0.4, 0.5) is 11.4 Å². The van der Waals surface area contributed by atoms with Crippen LogP contribution in [-0.4, -0.2) is 30.3 Å². The van der Waals surface area contributed by atoms with Crippen molar-refractivity contribution in [3.05, 3.63) is 24.3 Å². The Bertz CT molecular complexity index is 412. The third kappa shape index (κ3) is 3.26. The lowest BCUT2D eigenvalue weighted by atomic mass is 9.92. The van der Waals surface area contributed by atoms with Crippen LogP contribution in [0.15, 0.2) is 24.3 Å². The van der Waals surface area contributed by atoms with Crippen LogP contribution in [0.5, 0.6) is 0 Å². The molecule has 1 aromatic rings. The Hall–Kier alpha value is -1.22. The molecule has 2 N–H and O–H groups in total. The quantitative estimate of drug-likeness (QED) is 0.887. The summed E-state index contributed by atoms with van der Waals surface area (Å²) in [6, 6.07) is 8.96. The van der Waals surface area contributed by atoms with E-state index in [9.17, 15) is 5.11 Å². The van der Waals surface area contributed by atoms with E-state index in [-0.39, 0.29) is 12.1 Å². The number of hydrogen-bond donors (Lipinski definition) is 2. The smallest absolute Gasteiger partial charge is 0.0741 e. The first-order valence-electron chi connectivity index (χ1n) is 8.12. The minimum atomic E-state index is -0.189. The molecule has 110 valence electrons. The molecular weight excluding hydrogens is 248 g/mol. The molecule has 1 heterocycles. The Morgan fingerprint density at radius 1 is 0.900 bits per heavy atom. The molecule has 3 nitrogen and oxygen atoms in total. The molecule has 2 aliphatic rings. The van der Waals surface area contributed by atoms with E-state index in [0.717, 1.165) is 24.9 Å². The minimum absolute atomic E-state index is 0.189. The third-order valence-corrected chi connectivity index (χ3v) is 4.67. The summed E-state index contributed by atoms with van der Waals surface area (Å²) < 4.78 is 0. The summed E-state index contributed by atoms with van der Waals surface area (Å²) >= 11 is 0. The first-order chi connectivity index (χ1) is 9.83. The number of hydrogen-bond acceptors (Lipinski definition) is 3. The maximum atomic E-state index is 10.0. The highest BCUT2D eigenvalue weighted by Crippen LogP contribution is 2.25. The maximum Gasteiger partial charge on any atom is 0.0741 e. The lowest BCUT2D eigenvalue weighted by molar-refractivity contribution is 0.116. The normalized spacial score (nSPS) is 27.4. The van der Waals surface area contributed by atoms with E-state index >= 15 is 0 Å². The number of piperidine rings is 1. The van der Waals surface area contributed by atoms with E-state index in [1.54, 1.807) is 0 Å². The van der Waals surface area contributed by atoms with Gasteiger partial charge in [-0.05, 0) is 56.4 Å². The molecule has 2 atom stereocenters. The predicted octanol–water partition coefficient (Wildman–Crippen LogP) is 3.39. The first-order valence-corrected chi connectivity index (χ1v) is 8.12. The molecule has 0 aromatic heterocycles. The Morgan fingerprint density at radius 3 is 2.30 bits per heavy atom. The fourth-order valence-electron chi connectivity index (χ4n) is 3.41. The van der Waals surface area contributed by atoms with Gasteiger partial charge < -0.3 is 15.3 Å². The summed E-state index contributed by atoms with van der Waals surface area (Å²) in [4.78, 5) is 2.47. The molecule has 1 aliphatic carbocycles. The summed E-state index contributed by atoms with van der Waals surface area (Å²) in [5, 5.41) is 13.5. The number of aliphatic hydroxyl groups is 1. The predicted molar refractivity (Wildman–Crippen MR) is 84.4 cm³/mol. The molecule has 1 aromatic carbocycles. The Morgan fingerprint density at radius 2 is 1.60 bits per heavy atom. The van der Waals surface area contributed by atoms with Crippen LogP contribution in [0.3, 0.4) is 0 Å². The van der Waals surface area contributed by atoms with Crippen LogP contribution in [0.1, 0.15) is 44.9 Å². The molecule has 1 aliphatic heterocycles.